The highest BCUT2D eigenvalue weighted by Gasteiger charge is 2.38. The number of hydrogen-bond acceptors (Lipinski definition) is 3. The van der Waals surface area contributed by atoms with E-state index in [1.54, 1.807) is 0 Å². The maximum absolute atomic E-state index is 12.3. The van der Waals surface area contributed by atoms with Gasteiger partial charge in [-0.1, -0.05) is 0 Å². The molecular weight excluding hydrogens is 238 g/mol. The van der Waals surface area contributed by atoms with Crippen molar-refractivity contribution in [2.75, 3.05) is 13.1 Å². The molecule has 2 fully saturated rings. The summed E-state index contributed by atoms with van der Waals surface area (Å²) >= 11 is 0. The van der Waals surface area contributed by atoms with Crippen LogP contribution in [0.1, 0.15) is 53.4 Å². The Bertz CT molecular complexity index is 318. The van der Waals surface area contributed by atoms with Crippen LogP contribution >= 0.6 is 0 Å². The number of hydrogen-bond donors (Lipinski definition) is 2. The van der Waals surface area contributed by atoms with Crippen LogP contribution in [0, 0.1) is 0 Å². The molecule has 0 aromatic carbocycles. The number of likely N-dealkylation sites (tertiary alicyclic amines) is 1. The van der Waals surface area contributed by atoms with Crippen LogP contribution in [0.3, 0.4) is 0 Å². The van der Waals surface area contributed by atoms with Crippen LogP contribution in [-0.2, 0) is 4.79 Å². The van der Waals surface area contributed by atoms with Gasteiger partial charge in [-0.2, -0.15) is 0 Å². The van der Waals surface area contributed by atoms with Crippen molar-refractivity contribution >= 4 is 5.91 Å². The van der Waals surface area contributed by atoms with E-state index in [4.69, 9.17) is 0 Å². The summed E-state index contributed by atoms with van der Waals surface area (Å²) in [5, 5.41) is 6.70. The summed E-state index contributed by atoms with van der Waals surface area (Å²) in [6.07, 6.45) is 4.98. The number of nitrogens with one attached hydrogen (secondary N) is 2. The minimum absolute atomic E-state index is 0.0193. The second-order valence-electron chi connectivity index (χ2n) is 7.07. The number of carbonyl (C=O) groups excluding carboxylic acids is 1. The van der Waals surface area contributed by atoms with Crippen molar-refractivity contribution in [3.8, 4) is 0 Å². The Morgan fingerprint density at radius 1 is 1.32 bits per heavy atom. The molecule has 110 valence electrons. The minimum Gasteiger partial charge on any atom is -0.350 e. The Morgan fingerprint density at radius 3 is 2.63 bits per heavy atom. The molecule has 0 aromatic rings. The van der Waals surface area contributed by atoms with E-state index in [2.05, 4.69) is 15.5 Å². The zero-order valence-electron chi connectivity index (χ0n) is 12.8. The maximum Gasteiger partial charge on any atom is 0.237 e. The minimum atomic E-state index is -0.147. The highest BCUT2D eigenvalue weighted by atomic mass is 16.2. The molecule has 1 amide bonds. The Kier molecular flexibility index (Phi) is 4.51. The zero-order chi connectivity index (χ0) is 14.0. The Balaban J connectivity index is 1.96. The summed E-state index contributed by atoms with van der Waals surface area (Å²) in [6.45, 7) is 10.4. The number of carbonyl (C=O) groups is 1. The van der Waals surface area contributed by atoms with Crippen molar-refractivity contribution in [2.24, 2.45) is 0 Å². The third-order valence-electron chi connectivity index (χ3n) is 4.28. The molecule has 2 rings (SSSR count). The van der Waals surface area contributed by atoms with E-state index < -0.39 is 0 Å². The Morgan fingerprint density at radius 2 is 2.05 bits per heavy atom. The molecule has 4 nitrogen and oxygen atoms in total. The third kappa shape index (κ3) is 3.69. The third-order valence-corrected chi connectivity index (χ3v) is 4.28. The second kappa shape index (κ2) is 5.80. The standard InChI is InChI=1S/C15H29N3O/c1-11(14(19)17-15(2,3)4)18-10-6-8-13(18)12-7-5-9-16-12/h11-13,16H,5-10H2,1-4H3,(H,17,19). The summed E-state index contributed by atoms with van der Waals surface area (Å²) in [7, 11) is 0. The molecule has 0 saturated carbocycles. The Hall–Kier alpha value is -0.610. The molecular formula is C15H29N3O. The van der Waals surface area contributed by atoms with Gasteiger partial charge in [-0.3, -0.25) is 9.69 Å². The molecule has 0 spiro atoms. The predicted octanol–water partition coefficient (Wildman–Crippen LogP) is 1.51. The van der Waals surface area contributed by atoms with Crippen molar-refractivity contribution in [3.63, 3.8) is 0 Å². The van der Waals surface area contributed by atoms with Gasteiger partial charge in [-0.15, -0.1) is 0 Å². The first-order valence-electron chi connectivity index (χ1n) is 7.69. The molecule has 2 heterocycles. The maximum atomic E-state index is 12.3. The van der Waals surface area contributed by atoms with Gasteiger partial charge in [-0.25, -0.2) is 0 Å². The van der Waals surface area contributed by atoms with Gasteiger partial charge in [0, 0.05) is 17.6 Å². The van der Waals surface area contributed by atoms with Crippen LogP contribution in [0.2, 0.25) is 0 Å². The average molecular weight is 267 g/mol. The van der Waals surface area contributed by atoms with Gasteiger partial charge in [0.25, 0.3) is 0 Å². The molecule has 3 unspecified atom stereocenters. The molecule has 2 aliphatic heterocycles. The van der Waals surface area contributed by atoms with Gasteiger partial charge in [0.05, 0.1) is 6.04 Å². The highest BCUT2D eigenvalue weighted by Crippen LogP contribution is 2.26. The fourth-order valence-corrected chi connectivity index (χ4v) is 3.39. The molecule has 0 aliphatic carbocycles. The normalized spacial score (nSPS) is 30.5. The Labute approximate surface area is 117 Å². The second-order valence-corrected chi connectivity index (χ2v) is 7.07. The zero-order valence-corrected chi connectivity index (χ0v) is 12.8. The van der Waals surface area contributed by atoms with E-state index in [-0.39, 0.29) is 17.5 Å². The SMILES string of the molecule is CC(C(=O)NC(C)(C)C)N1CCCC1C1CCCN1. The first-order valence-corrected chi connectivity index (χ1v) is 7.69. The smallest absolute Gasteiger partial charge is 0.237 e. The number of nitrogens with zero attached hydrogens (tertiary/aromatic N) is 1. The van der Waals surface area contributed by atoms with Crippen molar-refractivity contribution in [2.45, 2.75) is 77.0 Å². The van der Waals surface area contributed by atoms with E-state index in [0.717, 1.165) is 13.1 Å². The van der Waals surface area contributed by atoms with Gasteiger partial charge in [0.1, 0.15) is 0 Å². The topological polar surface area (TPSA) is 44.4 Å². The van der Waals surface area contributed by atoms with Crippen LogP contribution in [0.15, 0.2) is 0 Å². The van der Waals surface area contributed by atoms with Crippen molar-refractivity contribution in [1.82, 2.24) is 15.5 Å². The van der Waals surface area contributed by atoms with E-state index >= 15 is 0 Å². The molecule has 2 N–H and O–H groups in total. The van der Waals surface area contributed by atoms with Crippen LogP contribution in [0.4, 0.5) is 0 Å². The molecule has 0 bridgehead atoms. The summed E-state index contributed by atoms with van der Waals surface area (Å²) in [4.78, 5) is 14.7. The summed E-state index contributed by atoms with van der Waals surface area (Å²) in [6, 6.07) is 1.12. The first kappa shape index (κ1) is 14.8. The molecule has 3 atom stereocenters. The fraction of sp³-hybridized carbons (Fsp3) is 0.933. The molecule has 2 aliphatic rings. The largest absolute Gasteiger partial charge is 0.350 e. The summed E-state index contributed by atoms with van der Waals surface area (Å²) < 4.78 is 0. The lowest BCUT2D eigenvalue weighted by Crippen LogP contribution is -2.55. The van der Waals surface area contributed by atoms with Crippen molar-refractivity contribution in [1.29, 1.82) is 0 Å². The molecule has 0 radical (unpaired) electrons. The molecule has 4 heteroatoms. The van der Waals surface area contributed by atoms with Gasteiger partial charge in [0.15, 0.2) is 0 Å². The lowest BCUT2D eigenvalue weighted by Gasteiger charge is -2.35. The van der Waals surface area contributed by atoms with Gasteiger partial charge in [0.2, 0.25) is 5.91 Å². The molecule has 2 saturated heterocycles. The molecule has 0 aromatic heterocycles. The van der Waals surface area contributed by atoms with Crippen molar-refractivity contribution in [3.05, 3.63) is 0 Å². The van der Waals surface area contributed by atoms with Gasteiger partial charge >= 0.3 is 0 Å². The predicted molar refractivity (Wildman–Crippen MR) is 78.1 cm³/mol. The molecule has 19 heavy (non-hydrogen) atoms. The van der Waals surface area contributed by atoms with Crippen LogP contribution in [0.25, 0.3) is 0 Å². The first-order chi connectivity index (χ1) is 8.88. The van der Waals surface area contributed by atoms with E-state index in [9.17, 15) is 4.79 Å². The van der Waals surface area contributed by atoms with E-state index in [1.807, 2.05) is 27.7 Å². The van der Waals surface area contributed by atoms with Crippen LogP contribution in [-0.4, -0.2) is 47.6 Å². The van der Waals surface area contributed by atoms with Gasteiger partial charge < -0.3 is 10.6 Å². The monoisotopic (exact) mass is 267 g/mol. The average Bonchev–Trinajstić information content (AvgIpc) is 2.96. The summed E-state index contributed by atoms with van der Waals surface area (Å²) in [5.41, 5.74) is -0.147. The number of rotatable bonds is 3. The lowest BCUT2D eigenvalue weighted by molar-refractivity contribution is -0.127. The fourth-order valence-electron chi connectivity index (χ4n) is 3.39. The number of amides is 1. The summed E-state index contributed by atoms with van der Waals surface area (Å²) in [5.74, 6) is 0.164. The highest BCUT2D eigenvalue weighted by molar-refractivity contribution is 5.82. The van der Waals surface area contributed by atoms with Crippen LogP contribution < -0.4 is 10.6 Å². The lowest BCUT2D eigenvalue weighted by atomic mass is 10.0. The quantitative estimate of drug-likeness (QED) is 0.814. The van der Waals surface area contributed by atoms with Gasteiger partial charge in [-0.05, 0) is 66.5 Å². The van der Waals surface area contributed by atoms with E-state index in [0.29, 0.717) is 12.1 Å². The van der Waals surface area contributed by atoms with Crippen LogP contribution in [0.5, 0.6) is 0 Å². The van der Waals surface area contributed by atoms with E-state index in [1.165, 1.54) is 25.7 Å². The van der Waals surface area contributed by atoms with Crippen molar-refractivity contribution < 1.29 is 4.79 Å².